The van der Waals surface area contributed by atoms with Crippen LogP contribution in [0.15, 0.2) is 16.6 Å². The number of hydrogen-bond donors (Lipinski definition) is 2. The zero-order chi connectivity index (χ0) is 15.3. The van der Waals surface area contributed by atoms with Crippen molar-refractivity contribution < 1.29 is 18.3 Å². The molecule has 0 spiro atoms. The van der Waals surface area contributed by atoms with Gasteiger partial charge in [-0.05, 0) is 33.6 Å². The van der Waals surface area contributed by atoms with Crippen molar-refractivity contribution >= 4 is 26.0 Å². The lowest BCUT2D eigenvalue weighted by Crippen LogP contribution is -2.31. The summed E-state index contributed by atoms with van der Waals surface area (Å²) in [7, 11) is 1.31. The Morgan fingerprint density at radius 2 is 2.05 bits per heavy atom. The summed E-state index contributed by atoms with van der Waals surface area (Å²) >= 11 is 3.24. The highest BCUT2D eigenvalue weighted by molar-refractivity contribution is 9.10. The van der Waals surface area contributed by atoms with Crippen LogP contribution < -0.4 is 10.1 Å². The number of methoxy groups -OCH3 is 1. The number of ether oxygens (including phenoxy) is 1. The fourth-order valence-corrected chi connectivity index (χ4v) is 2.76. The molecule has 20 heavy (non-hydrogen) atoms. The summed E-state index contributed by atoms with van der Waals surface area (Å²) in [6.07, 6.45) is 0. The predicted octanol–water partition coefficient (Wildman–Crippen LogP) is 1.14. The number of aromatic hydroxyl groups is 1. The minimum Gasteiger partial charge on any atom is -0.503 e. The molecule has 0 heterocycles. The number of halogens is 1. The number of hydrogen-bond acceptors (Lipinski definition) is 5. The largest absolute Gasteiger partial charge is 0.503 e. The Morgan fingerprint density at radius 1 is 1.40 bits per heavy atom. The van der Waals surface area contributed by atoms with Crippen molar-refractivity contribution in [1.29, 1.82) is 0 Å². The molecular formula is C12H19BrN2O4S. The molecule has 0 fully saturated rings. The van der Waals surface area contributed by atoms with Gasteiger partial charge in [-0.15, -0.1) is 0 Å². The van der Waals surface area contributed by atoms with Gasteiger partial charge in [0.2, 0.25) is 10.0 Å². The van der Waals surface area contributed by atoms with Crippen LogP contribution in [0.4, 0.5) is 0 Å². The molecule has 0 saturated carbocycles. The van der Waals surface area contributed by atoms with Gasteiger partial charge in [-0.25, -0.2) is 12.7 Å². The highest BCUT2D eigenvalue weighted by atomic mass is 79.9. The molecular weight excluding hydrogens is 348 g/mol. The lowest BCUT2D eigenvalue weighted by molar-refractivity contribution is 0.371. The van der Waals surface area contributed by atoms with Crippen LogP contribution in [-0.4, -0.2) is 51.3 Å². The van der Waals surface area contributed by atoms with Gasteiger partial charge >= 0.3 is 0 Å². The Labute approximate surface area is 127 Å². The van der Waals surface area contributed by atoms with E-state index in [1.54, 1.807) is 12.1 Å². The fourth-order valence-electron chi connectivity index (χ4n) is 1.50. The zero-order valence-electron chi connectivity index (χ0n) is 11.7. The van der Waals surface area contributed by atoms with Crippen molar-refractivity contribution in [2.45, 2.75) is 6.54 Å². The first-order valence-electron chi connectivity index (χ1n) is 5.94. The van der Waals surface area contributed by atoms with E-state index in [2.05, 4.69) is 21.2 Å². The second-order valence-corrected chi connectivity index (χ2v) is 7.56. The topological polar surface area (TPSA) is 78.9 Å². The van der Waals surface area contributed by atoms with E-state index >= 15 is 0 Å². The Balaban J connectivity index is 2.57. The normalized spacial score (nSPS) is 11.8. The quantitative estimate of drug-likeness (QED) is 0.707. The molecule has 2 N–H and O–H groups in total. The number of rotatable bonds is 7. The molecule has 0 amide bonds. The van der Waals surface area contributed by atoms with E-state index in [0.717, 1.165) is 5.56 Å². The van der Waals surface area contributed by atoms with E-state index in [0.29, 0.717) is 23.3 Å². The number of benzene rings is 1. The van der Waals surface area contributed by atoms with E-state index in [1.807, 2.05) is 0 Å². The third-order valence-corrected chi connectivity index (χ3v) is 5.17. The molecule has 0 radical (unpaired) electrons. The van der Waals surface area contributed by atoms with Crippen LogP contribution in [0.5, 0.6) is 11.5 Å². The Hall–Kier alpha value is -0.830. The van der Waals surface area contributed by atoms with Crippen LogP contribution in [0.25, 0.3) is 0 Å². The van der Waals surface area contributed by atoms with Crippen LogP contribution in [0.3, 0.4) is 0 Å². The highest BCUT2D eigenvalue weighted by Gasteiger charge is 2.13. The van der Waals surface area contributed by atoms with Crippen molar-refractivity contribution in [1.82, 2.24) is 9.62 Å². The van der Waals surface area contributed by atoms with E-state index in [9.17, 15) is 13.5 Å². The van der Waals surface area contributed by atoms with Crippen molar-refractivity contribution in [3.63, 3.8) is 0 Å². The highest BCUT2D eigenvalue weighted by Crippen LogP contribution is 2.35. The molecule has 0 bridgehead atoms. The lowest BCUT2D eigenvalue weighted by atomic mass is 10.2. The summed E-state index contributed by atoms with van der Waals surface area (Å²) < 4.78 is 29.9. The van der Waals surface area contributed by atoms with Crippen molar-refractivity contribution in [3.8, 4) is 11.5 Å². The summed E-state index contributed by atoms with van der Waals surface area (Å²) in [6, 6.07) is 3.46. The second-order valence-electron chi connectivity index (χ2n) is 4.40. The summed E-state index contributed by atoms with van der Waals surface area (Å²) in [6.45, 7) is 0.833. The van der Waals surface area contributed by atoms with Gasteiger partial charge in [0.05, 0.1) is 17.3 Å². The van der Waals surface area contributed by atoms with Crippen molar-refractivity contribution in [2.24, 2.45) is 0 Å². The molecule has 1 rings (SSSR count). The van der Waals surface area contributed by atoms with E-state index in [1.165, 1.54) is 25.5 Å². The molecule has 0 aromatic heterocycles. The summed E-state index contributed by atoms with van der Waals surface area (Å²) in [5.74, 6) is 0.458. The third-order valence-electron chi connectivity index (χ3n) is 2.73. The van der Waals surface area contributed by atoms with Crippen molar-refractivity contribution in [2.75, 3.05) is 33.5 Å². The molecule has 1 aromatic rings. The fraction of sp³-hybridized carbons (Fsp3) is 0.500. The molecule has 0 unspecified atom stereocenters. The molecule has 0 saturated heterocycles. The Bertz CT molecular complexity index is 561. The van der Waals surface area contributed by atoms with Gasteiger partial charge in [-0.2, -0.15) is 0 Å². The molecule has 8 heteroatoms. The molecule has 6 nitrogen and oxygen atoms in total. The standard InChI is InChI=1S/C12H19BrN2O4S/c1-15(2)20(17,18)5-4-14-8-9-6-10(13)12(16)11(7-9)19-3/h6-7,14,16H,4-5,8H2,1-3H3. The minimum absolute atomic E-state index is 0.0381. The van der Waals surface area contributed by atoms with Crippen LogP contribution in [0.1, 0.15) is 5.56 Å². The second kappa shape index (κ2) is 7.26. The molecule has 0 aliphatic carbocycles. The average Bonchev–Trinajstić information content (AvgIpc) is 2.38. The molecule has 114 valence electrons. The molecule has 1 aromatic carbocycles. The number of phenols is 1. The van der Waals surface area contributed by atoms with Crippen LogP contribution in [0.2, 0.25) is 0 Å². The number of sulfonamides is 1. The Kier molecular flexibility index (Phi) is 6.25. The van der Waals surface area contributed by atoms with Gasteiger partial charge in [0.1, 0.15) is 0 Å². The Morgan fingerprint density at radius 3 is 2.60 bits per heavy atom. The third kappa shape index (κ3) is 4.62. The summed E-state index contributed by atoms with van der Waals surface area (Å²) in [5.41, 5.74) is 0.883. The van der Waals surface area contributed by atoms with E-state index < -0.39 is 10.0 Å². The first-order chi connectivity index (χ1) is 9.27. The monoisotopic (exact) mass is 366 g/mol. The van der Waals surface area contributed by atoms with E-state index in [4.69, 9.17) is 4.74 Å². The van der Waals surface area contributed by atoms with E-state index in [-0.39, 0.29) is 11.5 Å². The summed E-state index contributed by atoms with van der Waals surface area (Å²) in [5, 5.41) is 12.7. The smallest absolute Gasteiger partial charge is 0.214 e. The number of phenolic OH excluding ortho intramolecular Hbond substituents is 1. The molecule has 0 atom stereocenters. The minimum atomic E-state index is -3.18. The summed E-state index contributed by atoms with van der Waals surface area (Å²) in [4.78, 5) is 0. The molecule has 0 aliphatic rings. The zero-order valence-corrected chi connectivity index (χ0v) is 14.1. The predicted molar refractivity (Wildman–Crippen MR) is 81.5 cm³/mol. The first kappa shape index (κ1) is 17.2. The average molecular weight is 367 g/mol. The number of nitrogens with one attached hydrogen (secondary N) is 1. The van der Waals surface area contributed by atoms with Gasteiger partial charge in [0, 0.05) is 27.2 Å². The van der Waals surface area contributed by atoms with Crippen molar-refractivity contribution in [3.05, 3.63) is 22.2 Å². The lowest BCUT2D eigenvalue weighted by Gasteiger charge is -2.12. The van der Waals surface area contributed by atoms with Gasteiger partial charge in [0.25, 0.3) is 0 Å². The first-order valence-corrected chi connectivity index (χ1v) is 8.34. The van der Waals surface area contributed by atoms with Gasteiger partial charge in [-0.3, -0.25) is 0 Å². The van der Waals surface area contributed by atoms with Crippen LogP contribution in [-0.2, 0) is 16.6 Å². The van der Waals surface area contributed by atoms with Gasteiger partial charge in [-0.1, -0.05) is 0 Å². The number of nitrogens with zero attached hydrogens (tertiary/aromatic N) is 1. The SMILES string of the molecule is COc1cc(CNCCS(=O)(=O)N(C)C)cc(Br)c1O. The van der Waals surface area contributed by atoms with Gasteiger partial charge in [0.15, 0.2) is 11.5 Å². The maximum absolute atomic E-state index is 11.6. The van der Waals surface area contributed by atoms with Gasteiger partial charge < -0.3 is 15.2 Å². The van der Waals surface area contributed by atoms with Crippen LogP contribution in [0, 0.1) is 0 Å². The maximum Gasteiger partial charge on any atom is 0.214 e. The van der Waals surface area contributed by atoms with Crippen LogP contribution >= 0.6 is 15.9 Å². The molecule has 0 aliphatic heterocycles. The maximum atomic E-state index is 11.6.